The van der Waals surface area contributed by atoms with E-state index < -0.39 is 0 Å². The summed E-state index contributed by atoms with van der Waals surface area (Å²) in [6.07, 6.45) is 16.3. The van der Waals surface area contributed by atoms with Gasteiger partial charge in [0.1, 0.15) is 5.82 Å². The predicted octanol–water partition coefficient (Wildman–Crippen LogP) is 5.58. The van der Waals surface area contributed by atoms with Crippen molar-refractivity contribution in [1.29, 1.82) is 0 Å². The Morgan fingerprint density at radius 1 is 1.03 bits per heavy atom. The summed E-state index contributed by atoms with van der Waals surface area (Å²) in [6, 6.07) is 1.96. The first-order chi connectivity index (χ1) is 16.8. The molecular formula is C30H43N3O2. The number of hydrogen-bond acceptors (Lipinski definition) is 5. The maximum Gasteiger partial charge on any atom is 0.129 e. The fourth-order valence-electron chi connectivity index (χ4n) is 9.75. The lowest BCUT2D eigenvalue weighted by atomic mass is 9.43. The average Bonchev–Trinajstić information content (AvgIpc) is 3.22. The summed E-state index contributed by atoms with van der Waals surface area (Å²) >= 11 is 0. The Hall–Kier alpha value is -1.59. The van der Waals surface area contributed by atoms with Gasteiger partial charge in [0.05, 0.1) is 23.9 Å². The van der Waals surface area contributed by atoms with Crippen LogP contribution in [0.2, 0.25) is 0 Å². The van der Waals surface area contributed by atoms with E-state index in [0.717, 1.165) is 61.2 Å². The van der Waals surface area contributed by atoms with Crippen LogP contribution in [0.3, 0.4) is 0 Å². The van der Waals surface area contributed by atoms with Gasteiger partial charge in [-0.25, -0.2) is 9.97 Å². The molecule has 0 aromatic carbocycles. The first-order valence-corrected chi connectivity index (χ1v) is 14.2. The Labute approximate surface area is 210 Å². The van der Waals surface area contributed by atoms with Gasteiger partial charge in [-0.1, -0.05) is 20.8 Å². The summed E-state index contributed by atoms with van der Waals surface area (Å²) in [5, 5.41) is 23.1. The smallest absolute Gasteiger partial charge is 0.129 e. The first kappa shape index (κ1) is 23.8. The van der Waals surface area contributed by atoms with Crippen LogP contribution in [0, 0.1) is 46.3 Å². The van der Waals surface area contributed by atoms with Crippen molar-refractivity contribution in [3.8, 4) is 0 Å². The van der Waals surface area contributed by atoms with Crippen LogP contribution < -0.4 is 0 Å². The summed E-state index contributed by atoms with van der Waals surface area (Å²) in [5.41, 5.74) is 1.24. The molecule has 0 saturated heterocycles. The van der Waals surface area contributed by atoms with E-state index in [1.807, 2.05) is 18.5 Å². The minimum absolute atomic E-state index is 0.0200. The molecule has 2 N–H and O–H groups in total. The molecule has 0 radical (unpaired) electrons. The molecule has 2 heterocycles. The second-order valence-corrected chi connectivity index (χ2v) is 13.1. The van der Waals surface area contributed by atoms with Crippen molar-refractivity contribution in [3.63, 3.8) is 0 Å². The van der Waals surface area contributed by atoms with Crippen LogP contribution in [-0.2, 0) is 6.42 Å². The van der Waals surface area contributed by atoms with Crippen LogP contribution in [0.25, 0.3) is 10.9 Å². The maximum absolute atomic E-state index is 11.8. The number of aliphatic hydroxyl groups excluding tert-OH is 2. The van der Waals surface area contributed by atoms with Crippen molar-refractivity contribution in [1.82, 2.24) is 15.0 Å². The molecule has 0 amide bonds. The van der Waals surface area contributed by atoms with Gasteiger partial charge in [0.15, 0.2) is 0 Å². The van der Waals surface area contributed by atoms with Crippen LogP contribution in [0.15, 0.2) is 24.7 Å². The monoisotopic (exact) mass is 477 g/mol. The summed E-state index contributed by atoms with van der Waals surface area (Å²) in [4.78, 5) is 13.6. The van der Waals surface area contributed by atoms with E-state index in [9.17, 15) is 10.2 Å². The zero-order chi connectivity index (χ0) is 24.4. The molecule has 10 atom stereocenters. The van der Waals surface area contributed by atoms with Crippen molar-refractivity contribution in [3.05, 3.63) is 30.5 Å². The molecule has 190 valence electrons. The lowest BCUT2D eigenvalue weighted by Crippen LogP contribution is -2.58. The molecule has 0 aliphatic heterocycles. The number of nitrogens with zero attached hydrogens (tertiary/aromatic N) is 3. The molecule has 35 heavy (non-hydrogen) atoms. The topological polar surface area (TPSA) is 79.1 Å². The largest absolute Gasteiger partial charge is 0.393 e. The second kappa shape index (κ2) is 8.76. The molecule has 4 saturated carbocycles. The highest BCUT2D eigenvalue weighted by Crippen LogP contribution is 2.68. The maximum atomic E-state index is 11.8. The fraction of sp³-hybridized carbons (Fsp3) is 0.767. The quantitative estimate of drug-likeness (QED) is 0.601. The van der Waals surface area contributed by atoms with Crippen LogP contribution in [0.1, 0.15) is 84.4 Å². The second-order valence-electron chi connectivity index (χ2n) is 13.1. The predicted molar refractivity (Wildman–Crippen MR) is 137 cm³/mol. The van der Waals surface area contributed by atoms with Crippen LogP contribution in [0.4, 0.5) is 0 Å². The van der Waals surface area contributed by atoms with Crippen molar-refractivity contribution in [2.45, 2.75) is 97.2 Å². The molecule has 0 spiro atoms. The summed E-state index contributed by atoms with van der Waals surface area (Å²) in [7, 11) is 0. The summed E-state index contributed by atoms with van der Waals surface area (Å²) in [6.45, 7) is 7.34. The molecule has 2 aromatic rings. The third-order valence-corrected chi connectivity index (χ3v) is 11.8. The van der Waals surface area contributed by atoms with Gasteiger partial charge in [-0.2, -0.15) is 0 Å². The lowest BCUT2D eigenvalue weighted by Gasteiger charge is -2.62. The standard InChI is InChI=1S/C30H43N3O2/c1-18(4-9-28-32-16-19-11-13-31-17-26(19)33-28)23-7-8-24-22-6-5-20-14-21(34)10-12-29(20,2)25(22)15-27(35)30(23,24)3/h11,13,16-18,20-25,27,34-35H,4-10,12,14-15H2,1-3H3/t18-,20-,21-,22+,23-,24+,25?,27+,29+,30-/m1/s1. The van der Waals surface area contributed by atoms with Gasteiger partial charge in [-0.05, 0) is 110 Å². The van der Waals surface area contributed by atoms with Gasteiger partial charge in [0.25, 0.3) is 0 Å². The van der Waals surface area contributed by atoms with Crippen molar-refractivity contribution in [2.75, 3.05) is 0 Å². The van der Waals surface area contributed by atoms with Gasteiger partial charge in [-0.15, -0.1) is 0 Å². The molecule has 2 aromatic heterocycles. The molecule has 6 rings (SSSR count). The Bertz CT molecular complexity index is 1080. The third-order valence-electron chi connectivity index (χ3n) is 11.8. The highest BCUT2D eigenvalue weighted by molar-refractivity contribution is 5.76. The summed E-state index contributed by atoms with van der Waals surface area (Å²) in [5.74, 6) is 4.65. The first-order valence-electron chi connectivity index (χ1n) is 14.2. The third kappa shape index (κ3) is 3.75. The Balaban J connectivity index is 1.18. The van der Waals surface area contributed by atoms with E-state index >= 15 is 0 Å². The zero-order valence-corrected chi connectivity index (χ0v) is 21.7. The number of hydrogen-bond donors (Lipinski definition) is 2. The van der Waals surface area contributed by atoms with Gasteiger partial charge in [0, 0.05) is 24.2 Å². The number of aromatic nitrogens is 3. The highest BCUT2D eigenvalue weighted by Gasteiger charge is 2.63. The number of fused-ring (bicyclic) bond motifs is 6. The number of aliphatic hydroxyl groups is 2. The molecule has 4 fully saturated rings. The Kier molecular flexibility index (Phi) is 5.95. The van der Waals surface area contributed by atoms with Gasteiger partial charge in [-0.3, -0.25) is 4.98 Å². The van der Waals surface area contributed by atoms with Gasteiger partial charge >= 0.3 is 0 Å². The molecule has 1 unspecified atom stereocenters. The Morgan fingerprint density at radius 3 is 2.74 bits per heavy atom. The van der Waals surface area contributed by atoms with Crippen molar-refractivity contribution in [2.24, 2.45) is 46.3 Å². The van der Waals surface area contributed by atoms with Crippen molar-refractivity contribution >= 4 is 10.9 Å². The fourth-order valence-corrected chi connectivity index (χ4v) is 9.75. The molecule has 4 aliphatic rings. The van der Waals surface area contributed by atoms with Crippen LogP contribution in [0.5, 0.6) is 0 Å². The van der Waals surface area contributed by atoms with E-state index in [0.29, 0.717) is 35.0 Å². The minimum Gasteiger partial charge on any atom is -0.393 e. The molecule has 4 aliphatic carbocycles. The van der Waals surface area contributed by atoms with Crippen molar-refractivity contribution < 1.29 is 10.2 Å². The Morgan fingerprint density at radius 2 is 1.89 bits per heavy atom. The number of pyridine rings is 1. The number of aryl methyl sites for hydroxylation is 1. The molecular weight excluding hydrogens is 434 g/mol. The van der Waals surface area contributed by atoms with E-state index in [1.165, 1.54) is 25.7 Å². The molecule has 0 bridgehead atoms. The van der Waals surface area contributed by atoms with E-state index in [2.05, 4.69) is 30.7 Å². The SMILES string of the molecule is C[C@H](CCc1ncc2ccncc2n1)[C@H]1CC[C@H]2[C@@H]3CC[C@@H]4C[C@H](O)CC[C@]4(C)C3C[C@H](O)[C@]12C. The average molecular weight is 478 g/mol. The van der Waals surface area contributed by atoms with Crippen LogP contribution >= 0.6 is 0 Å². The molecule has 5 nitrogen and oxygen atoms in total. The van der Waals surface area contributed by atoms with E-state index in [-0.39, 0.29) is 17.6 Å². The molecule has 5 heteroatoms. The number of rotatable bonds is 4. The van der Waals surface area contributed by atoms with E-state index in [4.69, 9.17) is 4.98 Å². The summed E-state index contributed by atoms with van der Waals surface area (Å²) < 4.78 is 0. The highest BCUT2D eigenvalue weighted by atomic mass is 16.3. The van der Waals surface area contributed by atoms with Gasteiger partial charge < -0.3 is 10.2 Å². The van der Waals surface area contributed by atoms with Gasteiger partial charge in [0.2, 0.25) is 0 Å². The lowest BCUT2D eigenvalue weighted by molar-refractivity contribution is -0.174. The van der Waals surface area contributed by atoms with Crippen LogP contribution in [-0.4, -0.2) is 37.4 Å². The van der Waals surface area contributed by atoms with E-state index in [1.54, 1.807) is 6.20 Å². The zero-order valence-electron chi connectivity index (χ0n) is 21.7. The normalized spacial score (nSPS) is 43.9. The minimum atomic E-state index is -0.214.